The van der Waals surface area contributed by atoms with Gasteiger partial charge in [-0.3, -0.25) is 14.7 Å². The molecular formula is C42H44N4O4. The fraction of sp³-hybridized carbons (Fsp3) is 0.310. The van der Waals surface area contributed by atoms with Gasteiger partial charge in [0, 0.05) is 37.7 Å². The Kier molecular flexibility index (Phi) is 10.7. The molecule has 1 saturated heterocycles. The summed E-state index contributed by atoms with van der Waals surface area (Å²) in [6, 6.07) is 32.5. The highest BCUT2D eigenvalue weighted by atomic mass is 16.7. The van der Waals surface area contributed by atoms with E-state index in [1.807, 2.05) is 60.7 Å². The molecule has 3 atom stereocenters. The molecule has 256 valence electrons. The van der Waals surface area contributed by atoms with E-state index in [1.54, 1.807) is 0 Å². The van der Waals surface area contributed by atoms with Crippen LogP contribution in [-0.4, -0.2) is 51.1 Å². The summed E-state index contributed by atoms with van der Waals surface area (Å²) in [6.07, 6.45) is 8.56. The van der Waals surface area contributed by atoms with Crippen molar-refractivity contribution in [3.05, 3.63) is 144 Å². The molecule has 4 aromatic carbocycles. The van der Waals surface area contributed by atoms with E-state index in [4.69, 9.17) is 9.47 Å². The molecule has 0 bridgehead atoms. The van der Waals surface area contributed by atoms with Gasteiger partial charge in [-0.1, -0.05) is 104 Å². The molecule has 0 unspecified atom stereocenters. The number of hydrogen-bond donors (Lipinski definition) is 2. The van der Waals surface area contributed by atoms with E-state index < -0.39 is 6.29 Å². The smallest absolute Gasteiger partial charge is 0.271 e. The molecule has 0 radical (unpaired) electrons. The van der Waals surface area contributed by atoms with E-state index in [9.17, 15) is 9.90 Å². The second kappa shape index (κ2) is 15.9. The number of aliphatic hydroxyl groups is 1. The van der Waals surface area contributed by atoms with Crippen LogP contribution in [0.4, 0.5) is 0 Å². The van der Waals surface area contributed by atoms with Crippen LogP contribution in [0, 0.1) is 0 Å². The van der Waals surface area contributed by atoms with E-state index >= 15 is 0 Å². The van der Waals surface area contributed by atoms with E-state index in [2.05, 4.69) is 69.2 Å². The van der Waals surface area contributed by atoms with Crippen LogP contribution in [0.1, 0.15) is 77.2 Å². The Bertz CT molecular complexity index is 1910. The number of nitrogens with zero attached hydrogens (tertiary/aromatic N) is 3. The number of carbonyl (C=O) groups excluding carboxylic acids is 1. The zero-order valence-electron chi connectivity index (χ0n) is 28.3. The molecule has 1 aromatic heterocycles. The van der Waals surface area contributed by atoms with Crippen LogP contribution in [0.2, 0.25) is 0 Å². The minimum absolute atomic E-state index is 0.0129. The molecule has 2 N–H and O–H groups in total. The number of ether oxygens (including phenoxy) is 2. The lowest BCUT2D eigenvalue weighted by molar-refractivity contribution is -0.253. The number of fused-ring (bicyclic) bond motifs is 1. The summed E-state index contributed by atoms with van der Waals surface area (Å²) in [7, 11) is 0. The Morgan fingerprint density at radius 3 is 2.38 bits per heavy atom. The van der Waals surface area contributed by atoms with Crippen molar-refractivity contribution in [1.82, 2.24) is 20.2 Å². The fourth-order valence-electron chi connectivity index (χ4n) is 7.21. The van der Waals surface area contributed by atoms with Gasteiger partial charge in [0.05, 0.1) is 36.0 Å². The SMILES string of the molecule is C=CCN(C[C@H]1C[C@@H](c2ccc(CO)cc2)O[C@@H](c2ccc(-c3ccccc3CNC(=O)c3cnc4ccccc4n3)cc2)O1)C1CCCC1. The van der Waals surface area contributed by atoms with E-state index in [0.29, 0.717) is 18.1 Å². The molecule has 5 aromatic rings. The molecule has 1 aliphatic heterocycles. The second-order valence-corrected chi connectivity index (χ2v) is 13.2. The van der Waals surface area contributed by atoms with Crippen molar-refractivity contribution < 1.29 is 19.4 Å². The van der Waals surface area contributed by atoms with Crippen molar-refractivity contribution in [2.45, 2.75) is 69.8 Å². The van der Waals surface area contributed by atoms with Gasteiger partial charge >= 0.3 is 0 Å². The molecule has 2 aliphatic rings. The quantitative estimate of drug-likeness (QED) is 0.132. The lowest BCUT2D eigenvalue weighted by Gasteiger charge is -2.39. The summed E-state index contributed by atoms with van der Waals surface area (Å²) in [5.41, 5.74) is 7.70. The zero-order valence-corrected chi connectivity index (χ0v) is 28.3. The van der Waals surface area contributed by atoms with Crippen LogP contribution in [0.25, 0.3) is 22.2 Å². The van der Waals surface area contributed by atoms with Crippen LogP contribution >= 0.6 is 0 Å². The monoisotopic (exact) mass is 668 g/mol. The van der Waals surface area contributed by atoms with Crippen molar-refractivity contribution in [2.24, 2.45) is 0 Å². The summed E-state index contributed by atoms with van der Waals surface area (Å²) >= 11 is 0. The first-order valence-corrected chi connectivity index (χ1v) is 17.6. The average molecular weight is 669 g/mol. The average Bonchev–Trinajstić information content (AvgIpc) is 3.72. The van der Waals surface area contributed by atoms with Crippen LogP contribution in [0.5, 0.6) is 0 Å². The predicted octanol–water partition coefficient (Wildman–Crippen LogP) is 7.70. The zero-order chi connectivity index (χ0) is 34.3. The first-order chi connectivity index (χ1) is 24.6. The van der Waals surface area contributed by atoms with E-state index in [1.165, 1.54) is 31.9 Å². The highest BCUT2D eigenvalue weighted by molar-refractivity contribution is 5.93. The van der Waals surface area contributed by atoms with Crippen molar-refractivity contribution in [1.29, 1.82) is 0 Å². The minimum Gasteiger partial charge on any atom is -0.392 e. The lowest BCUT2D eigenvalue weighted by Crippen LogP contribution is -2.43. The molecule has 8 heteroatoms. The van der Waals surface area contributed by atoms with E-state index in [0.717, 1.165) is 58.4 Å². The molecule has 0 spiro atoms. The van der Waals surface area contributed by atoms with Crippen LogP contribution in [0.15, 0.2) is 116 Å². The van der Waals surface area contributed by atoms with Gasteiger partial charge in [-0.25, -0.2) is 4.98 Å². The molecule has 7 rings (SSSR count). The van der Waals surface area contributed by atoms with Gasteiger partial charge in [0.25, 0.3) is 5.91 Å². The minimum atomic E-state index is -0.530. The maximum absolute atomic E-state index is 13.0. The van der Waals surface area contributed by atoms with Crippen LogP contribution in [-0.2, 0) is 22.6 Å². The lowest BCUT2D eigenvalue weighted by atomic mass is 9.97. The fourth-order valence-corrected chi connectivity index (χ4v) is 7.21. The number of rotatable bonds is 12. The Hall–Kier alpha value is -4.73. The topological polar surface area (TPSA) is 96.8 Å². The van der Waals surface area contributed by atoms with Gasteiger partial charge in [-0.15, -0.1) is 6.58 Å². The predicted molar refractivity (Wildman–Crippen MR) is 195 cm³/mol. The van der Waals surface area contributed by atoms with Gasteiger partial charge in [0.2, 0.25) is 0 Å². The summed E-state index contributed by atoms with van der Waals surface area (Å²) in [5, 5.41) is 12.6. The van der Waals surface area contributed by atoms with Gasteiger partial charge in [0.15, 0.2) is 6.29 Å². The molecule has 1 aliphatic carbocycles. The van der Waals surface area contributed by atoms with Crippen molar-refractivity contribution in [3.8, 4) is 11.1 Å². The molecule has 2 heterocycles. The number of aromatic nitrogens is 2. The van der Waals surface area contributed by atoms with Gasteiger partial charge in [-0.2, -0.15) is 0 Å². The summed E-state index contributed by atoms with van der Waals surface area (Å²) in [6.45, 7) is 6.06. The second-order valence-electron chi connectivity index (χ2n) is 13.2. The molecule has 1 saturated carbocycles. The van der Waals surface area contributed by atoms with Gasteiger partial charge in [-0.05, 0) is 52.8 Å². The number of benzene rings is 4. The Balaban J connectivity index is 1.08. The number of para-hydroxylation sites is 2. The standard InChI is InChI=1S/C42H44N4O4/c1-2-23-46(34-10-4-5-11-34)27-35-24-40(31-17-15-29(28-47)16-18-31)50-42(49-35)32-21-19-30(20-22-32)36-12-6-3-9-33(36)25-44-41(48)39-26-43-37-13-7-8-14-38(37)45-39/h2-3,6-9,12-22,26,34-35,40,42,47H,1,4-5,10-11,23-25,27-28H2,(H,44,48)/t35-,40+,42+/m1/s1. The molecule has 2 fully saturated rings. The van der Waals surface area contributed by atoms with Crippen molar-refractivity contribution in [2.75, 3.05) is 13.1 Å². The molecule has 50 heavy (non-hydrogen) atoms. The maximum atomic E-state index is 13.0. The van der Waals surface area contributed by atoms with Crippen LogP contribution < -0.4 is 5.32 Å². The number of carbonyl (C=O) groups is 1. The van der Waals surface area contributed by atoms with Crippen molar-refractivity contribution >= 4 is 16.9 Å². The van der Waals surface area contributed by atoms with E-state index in [-0.39, 0.29) is 30.4 Å². The first kappa shape index (κ1) is 33.8. The number of aliphatic hydroxyl groups excluding tert-OH is 1. The van der Waals surface area contributed by atoms with Gasteiger partial charge < -0.3 is 19.9 Å². The van der Waals surface area contributed by atoms with Crippen LogP contribution in [0.3, 0.4) is 0 Å². The summed E-state index contributed by atoms with van der Waals surface area (Å²) in [4.78, 5) is 24.4. The normalized spacial score (nSPS) is 19.5. The third kappa shape index (κ3) is 7.85. The summed E-state index contributed by atoms with van der Waals surface area (Å²) < 4.78 is 13.4. The Labute approximate surface area is 293 Å². The van der Waals surface area contributed by atoms with Gasteiger partial charge in [0.1, 0.15) is 5.69 Å². The third-order valence-corrected chi connectivity index (χ3v) is 9.89. The maximum Gasteiger partial charge on any atom is 0.271 e. The van der Waals surface area contributed by atoms with Crippen molar-refractivity contribution in [3.63, 3.8) is 0 Å². The highest BCUT2D eigenvalue weighted by Gasteiger charge is 2.34. The molecular weight excluding hydrogens is 624 g/mol. The number of nitrogens with one attached hydrogen (secondary N) is 1. The molecule has 1 amide bonds. The highest BCUT2D eigenvalue weighted by Crippen LogP contribution is 2.39. The third-order valence-electron chi connectivity index (χ3n) is 9.89. The Morgan fingerprint density at radius 1 is 0.900 bits per heavy atom. The molecule has 8 nitrogen and oxygen atoms in total. The number of hydrogen-bond acceptors (Lipinski definition) is 7. The number of amides is 1. The first-order valence-electron chi connectivity index (χ1n) is 17.6. The summed E-state index contributed by atoms with van der Waals surface area (Å²) in [5.74, 6) is -0.269. The Morgan fingerprint density at radius 2 is 1.62 bits per heavy atom. The largest absolute Gasteiger partial charge is 0.392 e.